The molecule has 6 heteroatoms. The van der Waals surface area contributed by atoms with Gasteiger partial charge >= 0.3 is 0 Å². The highest BCUT2D eigenvalue weighted by molar-refractivity contribution is 5.38. The summed E-state index contributed by atoms with van der Waals surface area (Å²) < 4.78 is 5.37. The molecular formula is C10H15N3O3. The molecule has 88 valence electrons. The van der Waals surface area contributed by atoms with E-state index in [0.29, 0.717) is 19.6 Å². The Hall–Kier alpha value is -1.24. The zero-order chi connectivity index (χ0) is 11.4. The number of rotatable bonds is 3. The van der Waals surface area contributed by atoms with Crippen LogP contribution in [0.25, 0.3) is 0 Å². The van der Waals surface area contributed by atoms with Gasteiger partial charge in [0.1, 0.15) is 12.2 Å². The summed E-state index contributed by atoms with van der Waals surface area (Å²) in [5.41, 5.74) is 0.811. The Morgan fingerprint density at radius 2 is 2.31 bits per heavy atom. The zero-order valence-corrected chi connectivity index (χ0v) is 8.78. The lowest BCUT2D eigenvalue weighted by Crippen LogP contribution is -2.47. The van der Waals surface area contributed by atoms with Crippen LogP contribution in [0.15, 0.2) is 18.5 Å². The van der Waals surface area contributed by atoms with Gasteiger partial charge in [0.15, 0.2) is 0 Å². The Labute approximate surface area is 93.3 Å². The Morgan fingerprint density at radius 1 is 1.44 bits per heavy atom. The molecule has 2 heterocycles. The van der Waals surface area contributed by atoms with Gasteiger partial charge in [-0.2, -0.15) is 10.2 Å². The van der Waals surface area contributed by atoms with Crippen molar-refractivity contribution >= 4 is 5.69 Å². The van der Waals surface area contributed by atoms with Crippen LogP contribution in [0.1, 0.15) is 6.42 Å². The van der Waals surface area contributed by atoms with Gasteiger partial charge in [-0.15, -0.1) is 0 Å². The van der Waals surface area contributed by atoms with E-state index < -0.39 is 18.3 Å². The second kappa shape index (κ2) is 5.20. The number of aliphatic hydroxyl groups is 2. The van der Waals surface area contributed by atoms with Crippen LogP contribution in [0, 0.1) is 0 Å². The summed E-state index contributed by atoms with van der Waals surface area (Å²) in [6, 6.07) is 1.78. The van der Waals surface area contributed by atoms with Gasteiger partial charge in [-0.25, -0.2) is 0 Å². The average Bonchev–Trinajstić information content (AvgIpc) is 2.32. The molecule has 0 bridgehead atoms. The second-order valence-corrected chi connectivity index (χ2v) is 3.77. The molecule has 0 spiro atoms. The van der Waals surface area contributed by atoms with Crippen molar-refractivity contribution in [1.29, 1.82) is 0 Å². The van der Waals surface area contributed by atoms with Crippen molar-refractivity contribution < 1.29 is 14.9 Å². The largest absolute Gasteiger partial charge is 0.390 e. The molecule has 0 aliphatic carbocycles. The second-order valence-electron chi connectivity index (χ2n) is 3.77. The lowest BCUT2D eigenvalue weighted by molar-refractivity contribution is -0.129. The van der Waals surface area contributed by atoms with E-state index in [4.69, 9.17) is 4.74 Å². The van der Waals surface area contributed by atoms with Crippen LogP contribution < -0.4 is 5.32 Å². The van der Waals surface area contributed by atoms with Crippen LogP contribution in [-0.4, -0.2) is 51.9 Å². The van der Waals surface area contributed by atoms with Crippen LogP contribution in [0.4, 0.5) is 5.69 Å². The SMILES string of the molecule is OC1CCOC(CNc2ccnnc2)C1O. The van der Waals surface area contributed by atoms with E-state index in [-0.39, 0.29) is 0 Å². The average molecular weight is 225 g/mol. The van der Waals surface area contributed by atoms with Crippen molar-refractivity contribution in [2.24, 2.45) is 0 Å². The summed E-state index contributed by atoms with van der Waals surface area (Å²) in [7, 11) is 0. The minimum absolute atomic E-state index is 0.392. The van der Waals surface area contributed by atoms with E-state index in [0.717, 1.165) is 5.69 Å². The number of aromatic nitrogens is 2. The highest BCUT2D eigenvalue weighted by Gasteiger charge is 2.30. The molecule has 1 aliphatic rings. The first kappa shape index (κ1) is 11.3. The lowest BCUT2D eigenvalue weighted by atomic mass is 10.0. The molecule has 1 fully saturated rings. The number of aliphatic hydroxyl groups excluding tert-OH is 2. The molecule has 1 saturated heterocycles. The Kier molecular flexibility index (Phi) is 3.66. The van der Waals surface area contributed by atoms with Crippen molar-refractivity contribution in [3.05, 3.63) is 18.5 Å². The maximum absolute atomic E-state index is 9.67. The first-order valence-electron chi connectivity index (χ1n) is 5.25. The van der Waals surface area contributed by atoms with E-state index in [1.165, 1.54) is 0 Å². The van der Waals surface area contributed by atoms with Gasteiger partial charge in [0.25, 0.3) is 0 Å². The number of nitrogens with zero attached hydrogens (tertiary/aromatic N) is 2. The first-order chi connectivity index (χ1) is 7.77. The van der Waals surface area contributed by atoms with Gasteiger partial charge in [0.05, 0.1) is 24.2 Å². The molecule has 16 heavy (non-hydrogen) atoms. The maximum atomic E-state index is 9.67. The molecule has 3 atom stereocenters. The van der Waals surface area contributed by atoms with Gasteiger partial charge < -0.3 is 20.3 Å². The number of anilines is 1. The van der Waals surface area contributed by atoms with Gasteiger partial charge in [-0.3, -0.25) is 0 Å². The highest BCUT2D eigenvalue weighted by Crippen LogP contribution is 2.15. The number of ether oxygens (including phenoxy) is 1. The standard InChI is InChI=1S/C10H15N3O3/c14-8-2-4-16-9(10(8)15)6-11-7-1-3-12-13-5-7/h1,3,5,8-10,14-15H,2,4,6H2,(H,11,12). The summed E-state index contributed by atoms with van der Waals surface area (Å²) >= 11 is 0. The van der Waals surface area contributed by atoms with Crippen molar-refractivity contribution in [1.82, 2.24) is 10.2 Å². The lowest BCUT2D eigenvalue weighted by Gasteiger charge is -2.32. The molecule has 0 saturated carbocycles. The zero-order valence-electron chi connectivity index (χ0n) is 8.78. The van der Waals surface area contributed by atoms with Crippen LogP contribution in [0.5, 0.6) is 0 Å². The molecule has 0 aromatic carbocycles. The monoisotopic (exact) mass is 225 g/mol. The summed E-state index contributed by atoms with van der Waals surface area (Å²) in [5.74, 6) is 0. The predicted molar refractivity (Wildman–Crippen MR) is 56.9 cm³/mol. The topological polar surface area (TPSA) is 87.5 Å². The normalized spacial score (nSPS) is 30.0. The summed E-state index contributed by atoms with van der Waals surface area (Å²) in [5, 5.41) is 29.6. The number of hydrogen-bond donors (Lipinski definition) is 3. The molecule has 2 rings (SSSR count). The molecule has 6 nitrogen and oxygen atoms in total. The van der Waals surface area contributed by atoms with Crippen LogP contribution in [0.2, 0.25) is 0 Å². The smallest absolute Gasteiger partial charge is 0.108 e. The Morgan fingerprint density at radius 3 is 3.06 bits per heavy atom. The minimum atomic E-state index is -0.837. The third-order valence-electron chi connectivity index (χ3n) is 2.61. The molecule has 3 unspecified atom stereocenters. The fourth-order valence-electron chi connectivity index (χ4n) is 1.65. The van der Waals surface area contributed by atoms with Crippen molar-refractivity contribution in [3.63, 3.8) is 0 Å². The third-order valence-corrected chi connectivity index (χ3v) is 2.61. The highest BCUT2D eigenvalue weighted by atomic mass is 16.5. The summed E-state index contributed by atoms with van der Waals surface area (Å²) in [6.07, 6.45) is 1.72. The van der Waals surface area contributed by atoms with Crippen LogP contribution >= 0.6 is 0 Å². The van der Waals surface area contributed by atoms with E-state index in [9.17, 15) is 10.2 Å². The van der Waals surface area contributed by atoms with Gasteiger partial charge in [0.2, 0.25) is 0 Å². The molecule has 1 aromatic heterocycles. The van der Waals surface area contributed by atoms with Crippen molar-refractivity contribution in [2.45, 2.75) is 24.7 Å². The van der Waals surface area contributed by atoms with E-state index in [1.807, 2.05) is 0 Å². The number of nitrogens with one attached hydrogen (secondary N) is 1. The van der Waals surface area contributed by atoms with Crippen LogP contribution in [-0.2, 0) is 4.74 Å². The Balaban J connectivity index is 1.85. The minimum Gasteiger partial charge on any atom is -0.390 e. The summed E-state index contributed by atoms with van der Waals surface area (Å²) in [6.45, 7) is 0.906. The predicted octanol–water partition coefficient (Wildman–Crippen LogP) is -0.601. The van der Waals surface area contributed by atoms with Gasteiger partial charge in [0, 0.05) is 13.2 Å². The van der Waals surface area contributed by atoms with E-state index in [1.54, 1.807) is 18.5 Å². The third kappa shape index (κ3) is 2.66. The fraction of sp³-hybridized carbons (Fsp3) is 0.600. The van der Waals surface area contributed by atoms with Crippen LogP contribution in [0.3, 0.4) is 0 Å². The quantitative estimate of drug-likeness (QED) is 0.636. The van der Waals surface area contributed by atoms with Gasteiger partial charge in [-0.05, 0) is 12.5 Å². The number of hydrogen-bond acceptors (Lipinski definition) is 6. The van der Waals surface area contributed by atoms with E-state index >= 15 is 0 Å². The molecular weight excluding hydrogens is 210 g/mol. The van der Waals surface area contributed by atoms with Gasteiger partial charge in [-0.1, -0.05) is 0 Å². The molecule has 1 aliphatic heterocycles. The molecule has 0 amide bonds. The molecule has 3 N–H and O–H groups in total. The van der Waals surface area contributed by atoms with E-state index in [2.05, 4.69) is 15.5 Å². The molecule has 1 aromatic rings. The Bertz CT molecular complexity index is 322. The molecule has 0 radical (unpaired) electrons. The summed E-state index contributed by atoms with van der Waals surface area (Å²) in [4.78, 5) is 0. The fourth-order valence-corrected chi connectivity index (χ4v) is 1.65. The van der Waals surface area contributed by atoms with Crippen molar-refractivity contribution in [2.75, 3.05) is 18.5 Å². The first-order valence-corrected chi connectivity index (χ1v) is 5.25. The van der Waals surface area contributed by atoms with Crippen molar-refractivity contribution in [3.8, 4) is 0 Å². The maximum Gasteiger partial charge on any atom is 0.108 e.